The first-order chi connectivity index (χ1) is 10.3. The van der Waals surface area contributed by atoms with Gasteiger partial charge < -0.3 is 10.6 Å². The molecule has 0 saturated heterocycles. The molecule has 0 fully saturated rings. The molecule has 0 unspecified atom stereocenters. The fourth-order valence-corrected chi connectivity index (χ4v) is 2.32. The van der Waals surface area contributed by atoms with Crippen LogP contribution >= 0.6 is 0 Å². The molecule has 2 amide bonds. The minimum absolute atomic E-state index is 0.00443. The van der Waals surface area contributed by atoms with Crippen LogP contribution in [0.15, 0.2) is 12.7 Å². The summed E-state index contributed by atoms with van der Waals surface area (Å²) in [6.45, 7) is 7.55. The van der Waals surface area contributed by atoms with E-state index in [2.05, 4.69) is 24.1 Å². The van der Waals surface area contributed by atoms with Crippen molar-refractivity contribution < 1.29 is 4.79 Å². The summed E-state index contributed by atoms with van der Waals surface area (Å²) in [6, 6.07) is -0.00443. The summed E-state index contributed by atoms with van der Waals surface area (Å²) in [5, 5.41) is 5.86. The molecule has 2 N–H and O–H groups in total. The van der Waals surface area contributed by atoms with Crippen LogP contribution in [0.2, 0.25) is 0 Å². The van der Waals surface area contributed by atoms with E-state index in [1.165, 1.54) is 57.8 Å². The van der Waals surface area contributed by atoms with Gasteiger partial charge in [-0.1, -0.05) is 64.4 Å². The summed E-state index contributed by atoms with van der Waals surface area (Å²) in [5.74, 6) is 0. The van der Waals surface area contributed by atoms with Crippen LogP contribution in [0.5, 0.6) is 0 Å². The lowest BCUT2D eigenvalue weighted by Gasteiger charge is -2.07. The van der Waals surface area contributed by atoms with Crippen LogP contribution in [0.3, 0.4) is 0 Å². The van der Waals surface area contributed by atoms with Gasteiger partial charge in [-0.2, -0.15) is 0 Å². The molecule has 0 spiro atoms. The van der Waals surface area contributed by atoms with Gasteiger partial charge >= 0.3 is 6.03 Å². The van der Waals surface area contributed by atoms with Crippen molar-refractivity contribution in [1.82, 2.24) is 10.6 Å². The van der Waals surface area contributed by atoms with E-state index in [0.29, 0.717) is 0 Å². The van der Waals surface area contributed by atoms with Crippen molar-refractivity contribution in [3.8, 4) is 0 Å². The average Bonchev–Trinajstić information content (AvgIpc) is 2.49. The number of hydrogen-bond acceptors (Lipinski definition) is 1. The molecule has 0 aliphatic rings. The van der Waals surface area contributed by atoms with Crippen LogP contribution in [0, 0.1) is 0 Å². The highest BCUT2D eigenvalue weighted by Gasteiger charge is 1.98. The predicted octanol–water partition coefficient (Wildman–Crippen LogP) is 5.17. The molecule has 0 aliphatic heterocycles. The van der Waals surface area contributed by atoms with Crippen LogP contribution < -0.4 is 10.6 Å². The minimum atomic E-state index is -0.00443. The molecular formula is C18H36N2O. The topological polar surface area (TPSA) is 41.1 Å². The number of carbonyl (C=O) groups is 1. The molecule has 0 radical (unpaired) electrons. The Bertz CT molecular complexity index is 241. The number of amides is 2. The number of hydrogen-bond donors (Lipinski definition) is 2. The molecule has 0 aromatic carbocycles. The molecule has 0 bridgehead atoms. The Hall–Kier alpha value is -0.990. The lowest BCUT2D eigenvalue weighted by atomic mass is 10.1. The standard InChI is InChI=1S/C18H36N2O/c1-3-5-7-9-11-13-15-17-20-18(21)19-16-14-12-10-8-6-4-2/h3H,1,4-17H2,2H3,(H2,19,20,21). The fraction of sp³-hybridized carbons (Fsp3) is 0.833. The molecule has 21 heavy (non-hydrogen) atoms. The molecular weight excluding hydrogens is 260 g/mol. The largest absolute Gasteiger partial charge is 0.338 e. The maximum Gasteiger partial charge on any atom is 0.314 e. The van der Waals surface area contributed by atoms with Gasteiger partial charge in [-0.25, -0.2) is 4.79 Å². The van der Waals surface area contributed by atoms with Gasteiger partial charge in [0.25, 0.3) is 0 Å². The third-order valence-electron chi connectivity index (χ3n) is 3.69. The van der Waals surface area contributed by atoms with Crippen molar-refractivity contribution in [2.75, 3.05) is 13.1 Å². The lowest BCUT2D eigenvalue weighted by Crippen LogP contribution is -2.36. The Morgan fingerprint density at radius 3 is 1.81 bits per heavy atom. The van der Waals surface area contributed by atoms with Gasteiger partial charge in [-0.15, -0.1) is 6.58 Å². The van der Waals surface area contributed by atoms with E-state index in [1.54, 1.807) is 0 Å². The monoisotopic (exact) mass is 296 g/mol. The van der Waals surface area contributed by atoms with Gasteiger partial charge in [-0.3, -0.25) is 0 Å². The van der Waals surface area contributed by atoms with E-state index in [0.717, 1.165) is 32.4 Å². The van der Waals surface area contributed by atoms with Crippen molar-refractivity contribution in [1.29, 1.82) is 0 Å². The highest BCUT2D eigenvalue weighted by Crippen LogP contribution is 2.05. The van der Waals surface area contributed by atoms with Crippen molar-refractivity contribution in [2.45, 2.75) is 84.0 Å². The number of rotatable bonds is 15. The lowest BCUT2D eigenvalue weighted by molar-refractivity contribution is 0.240. The van der Waals surface area contributed by atoms with Crippen LogP contribution in [0.25, 0.3) is 0 Å². The van der Waals surface area contributed by atoms with Gasteiger partial charge in [0.15, 0.2) is 0 Å². The molecule has 0 saturated carbocycles. The summed E-state index contributed by atoms with van der Waals surface area (Å²) < 4.78 is 0. The number of nitrogens with one attached hydrogen (secondary N) is 2. The molecule has 0 aromatic rings. The highest BCUT2D eigenvalue weighted by atomic mass is 16.2. The Labute approximate surface area is 132 Å². The second-order valence-electron chi connectivity index (χ2n) is 5.80. The molecule has 0 atom stereocenters. The minimum Gasteiger partial charge on any atom is -0.338 e. The predicted molar refractivity (Wildman–Crippen MR) is 92.7 cm³/mol. The van der Waals surface area contributed by atoms with Gasteiger partial charge in [0.2, 0.25) is 0 Å². The summed E-state index contributed by atoms with van der Waals surface area (Å²) in [5.41, 5.74) is 0. The molecule has 3 nitrogen and oxygen atoms in total. The Kier molecular flexibility index (Phi) is 16.3. The van der Waals surface area contributed by atoms with E-state index in [4.69, 9.17) is 0 Å². The second kappa shape index (κ2) is 17.1. The molecule has 124 valence electrons. The van der Waals surface area contributed by atoms with Gasteiger partial charge in [-0.05, 0) is 25.7 Å². The maximum atomic E-state index is 11.5. The van der Waals surface area contributed by atoms with E-state index < -0.39 is 0 Å². The highest BCUT2D eigenvalue weighted by molar-refractivity contribution is 5.73. The average molecular weight is 296 g/mol. The number of carbonyl (C=O) groups excluding carboxylic acids is 1. The van der Waals surface area contributed by atoms with E-state index in [1.807, 2.05) is 6.08 Å². The first kappa shape index (κ1) is 20.0. The summed E-state index contributed by atoms with van der Waals surface area (Å²) in [4.78, 5) is 11.5. The first-order valence-corrected chi connectivity index (χ1v) is 8.93. The summed E-state index contributed by atoms with van der Waals surface area (Å²) in [6.07, 6.45) is 16.7. The van der Waals surface area contributed by atoms with Crippen molar-refractivity contribution in [3.05, 3.63) is 12.7 Å². The molecule has 0 rings (SSSR count). The van der Waals surface area contributed by atoms with Crippen LogP contribution in [-0.4, -0.2) is 19.1 Å². The number of allylic oxidation sites excluding steroid dienone is 1. The summed E-state index contributed by atoms with van der Waals surface area (Å²) >= 11 is 0. The van der Waals surface area contributed by atoms with Gasteiger partial charge in [0, 0.05) is 13.1 Å². The fourth-order valence-electron chi connectivity index (χ4n) is 2.32. The molecule has 0 aromatic heterocycles. The first-order valence-electron chi connectivity index (χ1n) is 8.93. The van der Waals surface area contributed by atoms with Crippen LogP contribution in [0.1, 0.15) is 84.0 Å². The van der Waals surface area contributed by atoms with Crippen molar-refractivity contribution in [2.24, 2.45) is 0 Å². The SMILES string of the molecule is C=CCCCCCCCNC(=O)NCCCCCCCC. The van der Waals surface area contributed by atoms with Crippen LogP contribution in [-0.2, 0) is 0 Å². The smallest absolute Gasteiger partial charge is 0.314 e. The molecule has 3 heteroatoms. The number of unbranched alkanes of at least 4 members (excludes halogenated alkanes) is 10. The molecule has 0 aliphatic carbocycles. The van der Waals surface area contributed by atoms with Gasteiger partial charge in [0.1, 0.15) is 0 Å². The number of urea groups is 1. The zero-order chi connectivity index (χ0) is 15.6. The van der Waals surface area contributed by atoms with E-state index in [-0.39, 0.29) is 6.03 Å². The quantitative estimate of drug-likeness (QED) is 0.317. The van der Waals surface area contributed by atoms with Crippen molar-refractivity contribution >= 4 is 6.03 Å². The van der Waals surface area contributed by atoms with Crippen molar-refractivity contribution in [3.63, 3.8) is 0 Å². The zero-order valence-corrected chi connectivity index (χ0v) is 14.1. The Balaban J connectivity index is 3.14. The third-order valence-corrected chi connectivity index (χ3v) is 3.69. The third kappa shape index (κ3) is 17.0. The maximum absolute atomic E-state index is 11.5. The van der Waals surface area contributed by atoms with E-state index >= 15 is 0 Å². The Morgan fingerprint density at radius 2 is 1.29 bits per heavy atom. The van der Waals surface area contributed by atoms with Crippen LogP contribution in [0.4, 0.5) is 4.79 Å². The zero-order valence-electron chi connectivity index (χ0n) is 14.1. The Morgan fingerprint density at radius 1 is 0.810 bits per heavy atom. The molecule has 0 heterocycles. The van der Waals surface area contributed by atoms with E-state index in [9.17, 15) is 4.79 Å². The van der Waals surface area contributed by atoms with Gasteiger partial charge in [0.05, 0.1) is 0 Å². The summed E-state index contributed by atoms with van der Waals surface area (Å²) in [7, 11) is 0. The normalized spacial score (nSPS) is 10.3. The second-order valence-corrected chi connectivity index (χ2v) is 5.80.